The predicted molar refractivity (Wildman–Crippen MR) is 112 cm³/mol. The molecule has 1 amide bonds. The lowest BCUT2D eigenvalue weighted by Gasteiger charge is -2.13. The number of carbonyl (C=O) groups is 1. The van der Waals surface area contributed by atoms with Crippen molar-refractivity contribution in [3.05, 3.63) is 84.4 Å². The number of hydrogen-bond donors (Lipinski definition) is 2. The van der Waals surface area contributed by atoms with Crippen LogP contribution >= 0.6 is 0 Å². The molecule has 4 rings (SSSR count). The van der Waals surface area contributed by atoms with E-state index in [1.807, 2.05) is 79.7 Å². The molecule has 1 heterocycles. The zero-order chi connectivity index (χ0) is 18.8. The van der Waals surface area contributed by atoms with E-state index in [1.54, 1.807) is 0 Å². The monoisotopic (exact) mass is 355 g/mol. The van der Waals surface area contributed by atoms with Gasteiger partial charge in [0.2, 0.25) is 0 Å². The predicted octanol–water partition coefficient (Wildman–Crippen LogP) is 5.15. The topological polar surface area (TPSA) is 48.1 Å². The summed E-state index contributed by atoms with van der Waals surface area (Å²) in [5.74, 6) is -0.114. The molecule has 0 aliphatic rings. The van der Waals surface area contributed by atoms with Gasteiger partial charge in [-0.25, -0.2) is 0 Å². The maximum absolute atomic E-state index is 12.5. The van der Waals surface area contributed by atoms with Gasteiger partial charge < -0.3 is 15.2 Å². The summed E-state index contributed by atoms with van der Waals surface area (Å²) in [5, 5.41) is 4.15. The van der Waals surface area contributed by atoms with E-state index in [4.69, 9.17) is 0 Å². The fraction of sp³-hybridized carbons (Fsp3) is 0.0870. The number of carbonyl (C=O) groups excluding carboxylic acids is 1. The minimum absolute atomic E-state index is 0.114. The molecule has 0 unspecified atom stereocenters. The summed E-state index contributed by atoms with van der Waals surface area (Å²) in [5.41, 5.74) is 5.67. The third kappa shape index (κ3) is 3.55. The molecule has 0 saturated carbocycles. The molecule has 4 aromatic rings. The van der Waals surface area contributed by atoms with Gasteiger partial charge in [0.15, 0.2) is 0 Å². The highest BCUT2D eigenvalue weighted by Crippen LogP contribution is 2.25. The number of H-pyrrole nitrogens is 1. The highest BCUT2D eigenvalue weighted by molar-refractivity contribution is 6.05. The van der Waals surface area contributed by atoms with Crippen LogP contribution < -0.4 is 10.2 Å². The SMILES string of the molecule is CN(C)c1cccc(C(=O)Nc2ccc(-c3cc4ccccc4[nH]3)cc2)c1. The molecule has 3 aromatic carbocycles. The van der Waals surface area contributed by atoms with Crippen LogP contribution in [0.15, 0.2) is 78.9 Å². The average Bonchev–Trinajstić information content (AvgIpc) is 3.13. The summed E-state index contributed by atoms with van der Waals surface area (Å²) >= 11 is 0. The van der Waals surface area contributed by atoms with Crippen LogP contribution in [-0.2, 0) is 0 Å². The second-order valence-electron chi connectivity index (χ2n) is 6.75. The number of rotatable bonds is 4. The van der Waals surface area contributed by atoms with Gasteiger partial charge in [-0.1, -0.05) is 36.4 Å². The highest BCUT2D eigenvalue weighted by Gasteiger charge is 2.08. The Morgan fingerprint density at radius 3 is 2.41 bits per heavy atom. The number of amides is 1. The molecule has 0 atom stereocenters. The number of anilines is 2. The van der Waals surface area contributed by atoms with Crippen LogP contribution in [-0.4, -0.2) is 25.0 Å². The van der Waals surface area contributed by atoms with Crippen molar-refractivity contribution in [2.24, 2.45) is 0 Å². The van der Waals surface area contributed by atoms with Crippen LogP contribution in [0.4, 0.5) is 11.4 Å². The number of aromatic nitrogens is 1. The molecule has 134 valence electrons. The van der Waals surface area contributed by atoms with Gasteiger partial charge >= 0.3 is 0 Å². The number of benzene rings is 3. The Kier molecular flexibility index (Phi) is 4.38. The Hall–Kier alpha value is -3.53. The molecule has 1 aromatic heterocycles. The van der Waals surface area contributed by atoms with E-state index in [2.05, 4.69) is 28.5 Å². The number of nitrogens with zero attached hydrogens (tertiary/aromatic N) is 1. The fourth-order valence-electron chi connectivity index (χ4n) is 3.09. The largest absolute Gasteiger partial charge is 0.378 e. The highest BCUT2D eigenvalue weighted by atomic mass is 16.1. The molecule has 0 bridgehead atoms. The zero-order valence-corrected chi connectivity index (χ0v) is 15.4. The summed E-state index contributed by atoms with van der Waals surface area (Å²) in [7, 11) is 3.92. The normalized spacial score (nSPS) is 10.7. The van der Waals surface area contributed by atoms with Gasteiger partial charge in [0.25, 0.3) is 5.91 Å². The van der Waals surface area contributed by atoms with Crippen molar-refractivity contribution in [3.8, 4) is 11.3 Å². The molecule has 0 radical (unpaired) electrons. The third-order valence-electron chi connectivity index (χ3n) is 4.61. The van der Waals surface area contributed by atoms with E-state index in [-0.39, 0.29) is 5.91 Å². The van der Waals surface area contributed by atoms with Gasteiger partial charge in [-0.15, -0.1) is 0 Å². The summed E-state index contributed by atoms with van der Waals surface area (Å²) in [6.45, 7) is 0. The first-order chi connectivity index (χ1) is 13.1. The van der Waals surface area contributed by atoms with Crippen molar-refractivity contribution in [3.63, 3.8) is 0 Å². The standard InChI is InChI=1S/C23H21N3O/c1-26(2)20-8-5-7-18(14-20)23(27)24-19-12-10-16(11-13-19)22-15-17-6-3-4-9-21(17)25-22/h3-15,25H,1-2H3,(H,24,27). The van der Waals surface area contributed by atoms with E-state index < -0.39 is 0 Å². The van der Waals surface area contributed by atoms with E-state index in [0.717, 1.165) is 28.1 Å². The number of para-hydroxylation sites is 1. The van der Waals surface area contributed by atoms with Gasteiger partial charge in [0.1, 0.15) is 0 Å². The molecular formula is C23H21N3O. The van der Waals surface area contributed by atoms with Gasteiger partial charge in [-0.3, -0.25) is 4.79 Å². The van der Waals surface area contributed by atoms with E-state index >= 15 is 0 Å². The molecule has 0 spiro atoms. The Morgan fingerprint density at radius 2 is 1.67 bits per heavy atom. The molecule has 0 aliphatic heterocycles. The number of hydrogen-bond acceptors (Lipinski definition) is 2. The van der Waals surface area contributed by atoms with E-state index in [1.165, 1.54) is 5.39 Å². The first kappa shape index (κ1) is 16.9. The summed E-state index contributed by atoms with van der Waals surface area (Å²) < 4.78 is 0. The molecule has 4 heteroatoms. The third-order valence-corrected chi connectivity index (χ3v) is 4.61. The maximum atomic E-state index is 12.5. The average molecular weight is 355 g/mol. The quantitative estimate of drug-likeness (QED) is 0.532. The molecular weight excluding hydrogens is 334 g/mol. The van der Waals surface area contributed by atoms with Crippen LogP contribution in [0, 0.1) is 0 Å². The lowest BCUT2D eigenvalue weighted by Crippen LogP contribution is -2.14. The zero-order valence-electron chi connectivity index (χ0n) is 15.4. The lowest BCUT2D eigenvalue weighted by molar-refractivity contribution is 0.102. The van der Waals surface area contributed by atoms with Crippen LogP contribution in [0.25, 0.3) is 22.2 Å². The van der Waals surface area contributed by atoms with Gasteiger partial charge in [-0.05, 0) is 48.0 Å². The second kappa shape index (κ2) is 7.00. The number of nitrogens with one attached hydrogen (secondary N) is 2. The molecule has 0 fully saturated rings. The van der Waals surface area contributed by atoms with Gasteiger partial charge in [0, 0.05) is 47.6 Å². The van der Waals surface area contributed by atoms with Crippen LogP contribution in [0.2, 0.25) is 0 Å². The first-order valence-electron chi connectivity index (χ1n) is 8.87. The van der Waals surface area contributed by atoms with Gasteiger partial charge in [0.05, 0.1) is 0 Å². The molecule has 4 nitrogen and oxygen atoms in total. The number of aromatic amines is 1. The second-order valence-corrected chi connectivity index (χ2v) is 6.75. The molecule has 0 saturated heterocycles. The van der Waals surface area contributed by atoms with Crippen molar-refractivity contribution in [1.29, 1.82) is 0 Å². The van der Waals surface area contributed by atoms with Crippen LogP contribution in [0.3, 0.4) is 0 Å². The molecule has 27 heavy (non-hydrogen) atoms. The minimum atomic E-state index is -0.114. The van der Waals surface area contributed by atoms with Crippen LogP contribution in [0.5, 0.6) is 0 Å². The Morgan fingerprint density at radius 1 is 0.889 bits per heavy atom. The van der Waals surface area contributed by atoms with E-state index in [9.17, 15) is 4.79 Å². The van der Waals surface area contributed by atoms with Gasteiger partial charge in [-0.2, -0.15) is 0 Å². The van der Waals surface area contributed by atoms with Crippen molar-refractivity contribution < 1.29 is 4.79 Å². The summed E-state index contributed by atoms with van der Waals surface area (Å²) in [6.07, 6.45) is 0. The Labute approximate surface area is 158 Å². The lowest BCUT2D eigenvalue weighted by atomic mass is 10.1. The minimum Gasteiger partial charge on any atom is -0.378 e. The molecule has 0 aliphatic carbocycles. The first-order valence-corrected chi connectivity index (χ1v) is 8.87. The van der Waals surface area contributed by atoms with Crippen molar-refractivity contribution in [2.45, 2.75) is 0 Å². The summed E-state index contributed by atoms with van der Waals surface area (Å²) in [4.78, 5) is 17.9. The fourth-order valence-corrected chi connectivity index (χ4v) is 3.09. The van der Waals surface area contributed by atoms with Crippen molar-refractivity contribution in [1.82, 2.24) is 4.98 Å². The Balaban J connectivity index is 1.52. The smallest absolute Gasteiger partial charge is 0.255 e. The van der Waals surface area contributed by atoms with Crippen LogP contribution in [0.1, 0.15) is 10.4 Å². The number of fused-ring (bicyclic) bond motifs is 1. The van der Waals surface area contributed by atoms with E-state index in [0.29, 0.717) is 5.56 Å². The van der Waals surface area contributed by atoms with Crippen molar-refractivity contribution >= 4 is 28.2 Å². The molecule has 2 N–H and O–H groups in total. The summed E-state index contributed by atoms with van der Waals surface area (Å²) in [6, 6.07) is 25.8. The Bertz CT molecular complexity index is 1060. The van der Waals surface area contributed by atoms with Crippen molar-refractivity contribution in [2.75, 3.05) is 24.3 Å². The maximum Gasteiger partial charge on any atom is 0.255 e.